The van der Waals surface area contributed by atoms with Gasteiger partial charge in [-0.1, -0.05) is 0 Å². The fourth-order valence-electron chi connectivity index (χ4n) is 1.68. The minimum absolute atomic E-state index is 0.0435. The quantitative estimate of drug-likeness (QED) is 0.684. The van der Waals surface area contributed by atoms with E-state index in [1.54, 1.807) is 21.0 Å². The Kier molecular flexibility index (Phi) is 5.87. The molecule has 0 aliphatic carbocycles. The molecule has 9 heteroatoms. The zero-order chi connectivity index (χ0) is 16.1. The maximum atomic E-state index is 12.2. The highest BCUT2D eigenvalue weighted by Gasteiger charge is 2.27. The van der Waals surface area contributed by atoms with E-state index in [0.717, 1.165) is 0 Å². The minimum atomic E-state index is -3.74. The number of ether oxygens (including phenoxy) is 1. The maximum absolute atomic E-state index is 12.2. The molecule has 1 aromatic heterocycles. The summed E-state index contributed by atoms with van der Waals surface area (Å²) in [7, 11) is -2.19. The molecule has 2 N–H and O–H groups in total. The van der Waals surface area contributed by atoms with Crippen molar-refractivity contribution in [3.63, 3.8) is 0 Å². The van der Waals surface area contributed by atoms with Crippen molar-refractivity contribution in [3.05, 3.63) is 12.4 Å². The topological polar surface area (TPSA) is 111 Å². The lowest BCUT2D eigenvalue weighted by atomic mass is 10.0. The monoisotopic (exact) mass is 319 g/mol. The Morgan fingerprint density at radius 1 is 1.52 bits per heavy atom. The summed E-state index contributed by atoms with van der Waals surface area (Å²) in [5, 5.41) is 12.6. The number of sulfonamides is 1. The lowest BCUT2D eigenvalue weighted by Gasteiger charge is -2.24. The van der Waals surface area contributed by atoms with E-state index in [2.05, 4.69) is 9.82 Å². The lowest BCUT2D eigenvalue weighted by Crippen LogP contribution is -2.43. The fourth-order valence-corrected chi connectivity index (χ4v) is 3.08. The molecule has 0 bridgehead atoms. The van der Waals surface area contributed by atoms with Crippen molar-refractivity contribution in [1.29, 1.82) is 0 Å². The number of hydrogen-bond acceptors (Lipinski definition) is 5. The zero-order valence-corrected chi connectivity index (χ0v) is 13.2. The Labute approximate surface area is 124 Å². The normalized spacial score (nSPS) is 12.5. The first-order valence-corrected chi connectivity index (χ1v) is 7.92. The summed E-state index contributed by atoms with van der Waals surface area (Å²) in [6.45, 7) is 4.17. The molecule has 0 aliphatic heterocycles. The molecular formula is C12H21N3O5S. The predicted octanol–water partition coefficient (Wildman–Crippen LogP) is 0.451. The van der Waals surface area contributed by atoms with Gasteiger partial charge in [0.15, 0.2) is 0 Å². The smallest absolute Gasteiger partial charge is 0.303 e. The van der Waals surface area contributed by atoms with Gasteiger partial charge < -0.3 is 9.84 Å². The molecule has 8 nitrogen and oxygen atoms in total. The van der Waals surface area contributed by atoms with E-state index in [4.69, 9.17) is 9.84 Å². The molecule has 0 aliphatic rings. The summed E-state index contributed by atoms with van der Waals surface area (Å²) >= 11 is 0. The molecule has 0 amide bonds. The molecule has 0 aromatic carbocycles. The van der Waals surface area contributed by atoms with Gasteiger partial charge in [0, 0.05) is 25.3 Å². The standard InChI is InChI=1S/C12H21N3O5S/c1-12(2,5-4-11(16)17)14-21(18,19)10-8-13-15(9-10)6-7-20-3/h8-9,14H,4-7H2,1-3H3,(H,16,17). The molecule has 21 heavy (non-hydrogen) atoms. The summed E-state index contributed by atoms with van der Waals surface area (Å²) in [4.78, 5) is 10.6. The average molecular weight is 319 g/mol. The van der Waals surface area contributed by atoms with Crippen LogP contribution in [0, 0.1) is 0 Å². The molecule has 0 saturated carbocycles. The third kappa shape index (κ3) is 5.82. The van der Waals surface area contributed by atoms with Crippen molar-refractivity contribution in [2.75, 3.05) is 13.7 Å². The van der Waals surface area contributed by atoms with Crippen LogP contribution in [-0.4, -0.2) is 48.5 Å². The number of carbonyl (C=O) groups is 1. The molecule has 1 aromatic rings. The third-order valence-corrected chi connectivity index (χ3v) is 4.47. The average Bonchev–Trinajstić information content (AvgIpc) is 2.82. The molecule has 0 saturated heterocycles. The van der Waals surface area contributed by atoms with Crippen LogP contribution in [-0.2, 0) is 26.1 Å². The molecule has 120 valence electrons. The van der Waals surface area contributed by atoms with Crippen molar-refractivity contribution in [3.8, 4) is 0 Å². The first-order chi connectivity index (χ1) is 9.66. The van der Waals surface area contributed by atoms with Crippen LogP contribution < -0.4 is 4.72 Å². The number of aromatic nitrogens is 2. The van der Waals surface area contributed by atoms with Gasteiger partial charge in [-0.25, -0.2) is 13.1 Å². The number of hydrogen-bond donors (Lipinski definition) is 2. The van der Waals surface area contributed by atoms with Crippen LogP contribution in [0.4, 0.5) is 0 Å². The number of aliphatic carboxylic acids is 1. The van der Waals surface area contributed by atoms with Crippen molar-refractivity contribution in [2.45, 2.75) is 43.7 Å². The van der Waals surface area contributed by atoms with Gasteiger partial charge in [-0.2, -0.15) is 5.10 Å². The van der Waals surface area contributed by atoms with Crippen LogP contribution in [0.1, 0.15) is 26.7 Å². The van der Waals surface area contributed by atoms with Gasteiger partial charge in [0.1, 0.15) is 4.90 Å². The summed E-state index contributed by atoms with van der Waals surface area (Å²) in [5.74, 6) is -0.963. The van der Waals surface area contributed by atoms with E-state index in [1.807, 2.05) is 0 Å². The zero-order valence-electron chi connectivity index (χ0n) is 12.4. The highest BCUT2D eigenvalue weighted by molar-refractivity contribution is 7.89. The SMILES string of the molecule is COCCn1cc(S(=O)(=O)NC(C)(C)CCC(=O)O)cn1. The second-order valence-electron chi connectivity index (χ2n) is 5.32. The number of methoxy groups -OCH3 is 1. The fraction of sp³-hybridized carbons (Fsp3) is 0.667. The molecule has 0 spiro atoms. The molecule has 1 rings (SSSR count). The minimum Gasteiger partial charge on any atom is -0.481 e. The summed E-state index contributed by atoms with van der Waals surface area (Å²) in [6, 6.07) is 0. The van der Waals surface area contributed by atoms with Gasteiger partial charge in [0.25, 0.3) is 0 Å². The number of nitrogens with one attached hydrogen (secondary N) is 1. The van der Waals surface area contributed by atoms with E-state index < -0.39 is 21.5 Å². The largest absolute Gasteiger partial charge is 0.481 e. The van der Waals surface area contributed by atoms with Gasteiger partial charge in [0.2, 0.25) is 10.0 Å². The van der Waals surface area contributed by atoms with Gasteiger partial charge in [-0.3, -0.25) is 9.48 Å². The van der Waals surface area contributed by atoms with Crippen molar-refractivity contribution >= 4 is 16.0 Å². The van der Waals surface area contributed by atoms with Crippen molar-refractivity contribution in [2.24, 2.45) is 0 Å². The summed E-state index contributed by atoms with van der Waals surface area (Å²) in [6.07, 6.45) is 2.75. The predicted molar refractivity (Wildman–Crippen MR) is 75.4 cm³/mol. The van der Waals surface area contributed by atoms with E-state index in [-0.39, 0.29) is 17.7 Å². The van der Waals surface area contributed by atoms with Crippen LogP contribution in [0.3, 0.4) is 0 Å². The summed E-state index contributed by atoms with van der Waals surface area (Å²) < 4.78 is 33.3. The van der Waals surface area contributed by atoms with Crippen LogP contribution >= 0.6 is 0 Å². The van der Waals surface area contributed by atoms with E-state index >= 15 is 0 Å². The second kappa shape index (κ2) is 7.01. The molecular weight excluding hydrogens is 298 g/mol. The first kappa shape index (κ1) is 17.6. The molecule has 1 heterocycles. The number of carboxylic acid groups (broad SMARTS) is 1. The Morgan fingerprint density at radius 2 is 2.19 bits per heavy atom. The lowest BCUT2D eigenvalue weighted by molar-refractivity contribution is -0.137. The molecule has 0 radical (unpaired) electrons. The highest BCUT2D eigenvalue weighted by atomic mass is 32.2. The Hall–Kier alpha value is -1.45. The van der Waals surface area contributed by atoms with Gasteiger partial charge in [-0.15, -0.1) is 0 Å². The van der Waals surface area contributed by atoms with Gasteiger partial charge >= 0.3 is 5.97 Å². The Morgan fingerprint density at radius 3 is 2.76 bits per heavy atom. The Bertz CT molecular complexity index is 579. The van der Waals surface area contributed by atoms with Gasteiger partial charge in [0.05, 0.1) is 19.3 Å². The number of rotatable bonds is 9. The molecule has 0 fully saturated rings. The van der Waals surface area contributed by atoms with E-state index in [0.29, 0.717) is 13.2 Å². The first-order valence-electron chi connectivity index (χ1n) is 6.43. The third-order valence-electron chi connectivity index (χ3n) is 2.82. The van der Waals surface area contributed by atoms with Crippen LogP contribution in [0.15, 0.2) is 17.3 Å². The summed E-state index contributed by atoms with van der Waals surface area (Å²) in [5.41, 5.74) is -0.855. The van der Waals surface area contributed by atoms with E-state index in [9.17, 15) is 13.2 Å². The van der Waals surface area contributed by atoms with Gasteiger partial charge in [-0.05, 0) is 20.3 Å². The maximum Gasteiger partial charge on any atom is 0.303 e. The Balaban J connectivity index is 2.76. The molecule has 0 unspecified atom stereocenters. The van der Waals surface area contributed by atoms with Crippen LogP contribution in [0.25, 0.3) is 0 Å². The van der Waals surface area contributed by atoms with Crippen LogP contribution in [0.2, 0.25) is 0 Å². The van der Waals surface area contributed by atoms with E-state index in [1.165, 1.54) is 17.1 Å². The number of carboxylic acids is 1. The highest BCUT2D eigenvalue weighted by Crippen LogP contribution is 2.16. The van der Waals surface area contributed by atoms with Crippen LogP contribution in [0.5, 0.6) is 0 Å². The van der Waals surface area contributed by atoms with Crippen molar-refractivity contribution in [1.82, 2.24) is 14.5 Å². The molecule has 0 atom stereocenters. The second-order valence-corrected chi connectivity index (χ2v) is 7.00. The van der Waals surface area contributed by atoms with Crippen molar-refractivity contribution < 1.29 is 23.1 Å². The number of nitrogens with zero attached hydrogens (tertiary/aromatic N) is 2.